The summed E-state index contributed by atoms with van der Waals surface area (Å²) in [5, 5.41) is 11.0. The highest BCUT2D eigenvalue weighted by Gasteiger charge is 2.39. The molecule has 1 atom stereocenters. The van der Waals surface area contributed by atoms with Crippen LogP contribution in [0.2, 0.25) is 0 Å². The molecule has 1 aromatic heterocycles. The molecule has 0 N–H and O–H groups in total. The number of nitro groups is 1. The average molecular weight is 341 g/mol. The van der Waals surface area contributed by atoms with Gasteiger partial charge in [-0.25, -0.2) is 0 Å². The molecular weight excluding hydrogens is 322 g/mol. The van der Waals surface area contributed by atoms with Crippen molar-refractivity contribution in [3.8, 4) is 5.75 Å². The van der Waals surface area contributed by atoms with Crippen molar-refractivity contribution < 1.29 is 14.5 Å². The van der Waals surface area contributed by atoms with Crippen molar-refractivity contribution in [1.29, 1.82) is 0 Å². The predicted octanol–water partition coefficient (Wildman–Crippen LogP) is 3.50. The minimum atomic E-state index is -0.774. The number of benzene rings is 1. The smallest absolute Gasteiger partial charge is 0.366 e. The van der Waals surface area contributed by atoms with Gasteiger partial charge < -0.3 is 14.9 Å². The minimum absolute atomic E-state index is 0.215. The Morgan fingerprint density at radius 3 is 2.60 bits per heavy atom. The zero-order valence-electron chi connectivity index (χ0n) is 14.1. The van der Waals surface area contributed by atoms with Crippen molar-refractivity contribution in [2.24, 2.45) is 5.92 Å². The van der Waals surface area contributed by atoms with Gasteiger partial charge in [0, 0.05) is 18.2 Å². The van der Waals surface area contributed by atoms with E-state index in [4.69, 9.17) is 4.74 Å². The Labute approximate surface area is 145 Å². The lowest BCUT2D eigenvalue weighted by Gasteiger charge is -2.31. The molecule has 130 valence electrons. The molecule has 0 spiro atoms. The molecule has 0 bridgehead atoms. The molecule has 1 aliphatic heterocycles. The first-order valence-electron chi connectivity index (χ1n) is 8.16. The summed E-state index contributed by atoms with van der Waals surface area (Å²) in [7, 11) is 0. The van der Waals surface area contributed by atoms with Gasteiger partial charge in [0.05, 0.1) is 0 Å². The highest BCUT2D eigenvalue weighted by Crippen LogP contribution is 2.38. The molecule has 0 fully saturated rings. The fourth-order valence-corrected chi connectivity index (χ4v) is 2.68. The molecule has 7 nitrogen and oxygen atoms in total. The summed E-state index contributed by atoms with van der Waals surface area (Å²) < 4.78 is 5.83. The zero-order chi connectivity index (χ0) is 18.0. The zero-order valence-corrected chi connectivity index (χ0v) is 14.1. The van der Waals surface area contributed by atoms with E-state index in [1.165, 1.54) is 17.0 Å². The van der Waals surface area contributed by atoms with Gasteiger partial charge in [-0.1, -0.05) is 44.2 Å². The molecule has 1 aliphatic rings. The topological polar surface area (TPSA) is 85.6 Å². The van der Waals surface area contributed by atoms with Crippen molar-refractivity contribution >= 4 is 17.5 Å². The van der Waals surface area contributed by atoms with Gasteiger partial charge in [-0.05, 0) is 28.3 Å². The maximum Gasteiger partial charge on any atom is 0.366 e. The van der Waals surface area contributed by atoms with Crippen LogP contribution in [0.4, 0.5) is 11.6 Å². The average Bonchev–Trinajstić information content (AvgIpc) is 2.60. The van der Waals surface area contributed by atoms with Gasteiger partial charge >= 0.3 is 5.82 Å². The second-order valence-electron chi connectivity index (χ2n) is 6.33. The Hall–Kier alpha value is -2.96. The van der Waals surface area contributed by atoms with Crippen molar-refractivity contribution in [1.82, 2.24) is 4.98 Å². The minimum Gasteiger partial charge on any atom is -0.469 e. The third kappa shape index (κ3) is 3.45. The quantitative estimate of drug-likeness (QED) is 0.614. The van der Waals surface area contributed by atoms with E-state index >= 15 is 0 Å². The standard InChI is InChI=1S/C18H19N3O4/c1-12(2)10-11-20-17-14(8-9-15(19-17)21(23)24)25-16(18(20)22)13-6-4-3-5-7-13/h3-9,12,16H,10-11H2,1-2H3. The number of fused-ring (bicyclic) bond motifs is 1. The third-order valence-corrected chi connectivity index (χ3v) is 4.03. The summed E-state index contributed by atoms with van der Waals surface area (Å²) in [6.07, 6.45) is -0.0130. The number of pyridine rings is 1. The van der Waals surface area contributed by atoms with Crippen molar-refractivity contribution in [2.45, 2.75) is 26.4 Å². The highest BCUT2D eigenvalue weighted by atomic mass is 16.6. The van der Waals surface area contributed by atoms with Crippen LogP contribution < -0.4 is 9.64 Å². The molecule has 7 heteroatoms. The molecule has 0 saturated carbocycles. The molecular formula is C18H19N3O4. The lowest BCUT2D eigenvalue weighted by Crippen LogP contribution is -2.42. The van der Waals surface area contributed by atoms with Crippen LogP contribution in [0, 0.1) is 16.0 Å². The second-order valence-corrected chi connectivity index (χ2v) is 6.33. The molecule has 2 heterocycles. The number of ether oxygens (including phenoxy) is 1. The van der Waals surface area contributed by atoms with Crippen molar-refractivity contribution in [3.05, 3.63) is 58.1 Å². The van der Waals surface area contributed by atoms with E-state index in [1.807, 2.05) is 30.3 Å². The Morgan fingerprint density at radius 1 is 1.24 bits per heavy atom. The van der Waals surface area contributed by atoms with E-state index in [2.05, 4.69) is 18.8 Å². The molecule has 25 heavy (non-hydrogen) atoms. The molecule has 3 rings (SSSR count). The first-order valence-corrected chi connectivity index (χ1v) is 8.16. The summed E-state index contributed by atoms with van der Waals surface area (Å²) >= 11 is 0. The Bertz CT molecular complexity index is 792. The third-order valence-electron chi connectivity index (χ3n) is 4.03. The maximum absolute atomic E-state index is 13.0. The normalized spacial score (nSPS) is 16.5. The molecule has 1 unspecified atom stereocenters. The molecule has 1 aromatic carbocycles. The summed E-state index contributed by atoms with van der Waals surface area (Å²) in [5.41, 5.74) is 0.742. The van der Waals surface area contributed by atoms with Crippen LogP contribution in [0.5, 0.6) is 5.75 Å². The van der Waals surface area contributed by atoms with Crippen molar-refractivity contribution in [3.63, 3.8) is 0 Å². The number of rotatable bonds is 5. The number of hydrogen-bond acceptors (Lipinski definition) is 5. The summed E-state index contributed by atoms with van der Waals surface area (Å²) in [6.45, 7) is 4.55. The van der Waals surface area contributed by atoms with Crippen LogP contribution >= 0.6 is 0 Å². The van der Waals surface area contributed by atoms with E-state index in [1.54, 1.807) is 0 Å². The van der Waals surface area contributed by atoms with Crippen LogP contribution in [0.15, 0.2) is 42.5 Å². The van der Waals surface area contributed by atoms with Crippen LogP contribution in [0.1, 0.15) is 31.9 Å². The van der Waals surface area contributed by atoms with Gasteiger partial charge in [0.2, 0.25) is 6.10 Å². The number of aromatic nitrogens is 1. The first-order chi connectivity index (χ1) is 12.0. The van der Waals surface area contributed by atoms with Gasteiger partial charge in [-0.15, -0.1) is 0 Å². The molecule has 0 radical (unpaired) electrons. The SMILES string of the molecule is CC(C)CCN1C(=O)C(c2ccccc2)Oc2ccc([N+](=O)[O-])nc21. The molecule has 0 saturated heterocycles. The number of nitrogens with zero attached hydrogens (tertiary/aromatic N) is 3. The van der Waals surface area contributed by atoms with Gasteiger partial charge in [-0.3, -0.25) is 9.69 Å². The predicted molar refractivity (Wildman–Crippen MR) is 92.5 cm³/mol. The number of carbonyl (C=O) groups excluding carboxylic acids is 1. The largest absolute Gasteiger partial charge is 0.469 e. The van der Waals surface area contributed by atoms with Gasteiger partial charge in [-0.2, -0.15) is 0 Å². The first kappa shape index (κ1) is 16.9. The monoisotopic (exact) mass is 341 g/mol. The number of amides is 1. The van der Waals surface area contributed by atoms with Gasteiger partial charge in [0.15, 0.2) is 5.75 Å². The van der Waals surface area contributed by atoms with E-state index < -0.39 is 11.0 Å². The Kier molecular flexibility index (Phi) is 4.65. The van der Waals surface area contributed by atoms with E-state index in [-0.39, 0.29) is 17.5 Å². The fourth-order valence-electron chi connectivity index (χ4n) is 2.68. The summed E-state index contributed by atoms with van der Waals surface area (Å²) in [6, 6.07) is 12.0. The lowest BCUT2D eigenvalue weighted by atomic mass is 10.1. The maximum atomic E-state index is 13.0. The number of anilines is 1. The van der Waals surface area contributed by atoms with Crippen LogP contribution in [-0.2, 0) is 4.79 Å². The van der Waals surface area contributed by atoms with E-state index in [9.17, 15) is 14.9 Å². The molecule has 1 amide bonds. The number of carbonyl (C=O) groups is 1. The van der Waals surface area contributed by atoms with Crippen LogP contribution in [0.25, 0.3) is 0 Å². The van der Waals surface area contributed by atoms with E-state index in [0.717, 1.165) is 12.0 Å². The van der Waals surface area contributed by atoms with Crippen molar-refractivity contribution in [2.75, 3.05) is 11.4 Å². The van der Waals surface area contributed by atoms with Crippen LogP contribution in [0.3, 0.4) is 0 Å². The van der Waals surface area contributed by atoms with Crippen LogP contribution in [-0.4, -0.2) is 22.4 Å². The Morgan fingerprint density at radius 2 is 1.96 bits per heavy atom. The number of hydrogen-bond donors (Lipinski definition) is 0. The fraction of sp³-hybridized carbons (Fsp3) is 0.333. The molecule has 2 aromatic rings. The van der Waals surface area contributed by atoms with Gasteiger partial charge in [0.1, 0.15) is 0 Å². The summed E-state index contributed by atoms with van der Waals surface area (Å²) in [4.78, 5) is 29.0. The molecule has 0 aliphatic carbocycles. The van der Waals surface area contributed by atoms with Gasteiger partial charge in [0.25, 0.3) is 11.7 Å². The lowest BCUT2D eigenvalue weighted by molar-refractivity contribution is -0.389. The summed E-state index contributed by atoms with van der Waals surface area (Å²) in [5.74, 6) is 0.415. The van der Waals surface area contributed by atoms with E-state index in [0.29, 0.717) is 18.2 Å². The second kappa shape index (κ2) is 6.88. The Balaban J connectivity index is 2.02. The highest BCUT2D eigenvalue weighted by molar-refractivity contribution is 5.99.